The number of imidazole rings is 1. The Morgan fingerprint density at radius 2 is 2.25 bits per heavy atom. The fourth-order valence-electron chi connectivity index (χ4n) is 2.96. The molecular formula is C13H19N5O2. The molecule has 3 heterocycles. The van der Waals surface area contributed by atoms with E-state index in [0.717, 1.165) is 5.69 Å². The van der Waals surface area contributed by atoms with Gasteiger partial charge in [-0.2, -0.15) is 0 Å². The van der Waals surface area contributed by atoms with Gasteiger partial charge in [-0.3, -0.25) is 9.59 Å². The van der Waals surface area contributed by atoms with E-state index in [4.69, 9.17) is 0 Å². The summed E-state index contributed by atoms with van der Waals surface area (Å²) < 4.78 is 0. The number of nitrogens with zero attached hydrogens (tertiary/aromatic N) is 3. The van der Waals surface area contributed by atoms with E-state index in [1.807, 2.05) is 14.1 Å². The third kappa shape index (κ3) is 2.18. The first-order chi connectivity index (χ1) is 9.56. The summed E-state index contributed by atoms with van der Waals surface area (Å²) >= 11 is 0. The third-order valence-corrected chi connectivity index (χ3v) is 4.19. The lowest BCUT2D eigenvalue weighted by Crippen LogP contribution is -2.61. The van der Waals surface area contributed by atoms with Crippen molar-refractivity contribution in [2.75, 3.05) is 20.6 Å². The number of carbonyl (C=O) groups is 2. The van der Waals surface area contributed by atoms with E-state index in [1.54, 1.807) is 17.4 Å². The maximum absolute atomic E-state index is 12.5. The van der Waals surface area contributed by atoms with Gasteiger partial charge in [-0.05, 0) is 20.5 Å². The second-order valence-electron chi connectivity index (χ2n) is 5.70. The van der Waals surface area contributed by atoms with E-state index in [1.165, 1.54) is 0 Å². The Hall–Kier alpha value is -1.89. The minimum absolute atomic E-state index is 0.00792. The molecule has 0 aromatic carbocycles. The lowest BCUT2D eigenvalue weighted by Gasteiger charge is -2.34. The molecule has 108 valence electrons. The van der Waals surface area contributed by atoms with E-state index >= 15 is 0 Å². The van der Waals surface area contributed by atoms with Crippen LogP contribution in [-0.2, 0) is 16.0 Å². The van der Waals surface area contributed by atoms with Crippen molar-refractivity contribution in [3.8, 4) is 0 Å². The van der Waals surface area contributed by atoms with Crippen molar-refractivity contribution in [2.24, 2.45) is 0 Å². The van der Waals surface area contributed by atoms with Crippen molar-refractivity contribution >= 4 is 11.8 Å². The van der Waals surface area contributed by atoms with Gasteiger partial charge in [0, 0.05) is 30.9 Å². The second-order valence-corrected chi connectivity index (χ2v) is 5.70. The van der Waals surface area contributed by atoms with Crippen LogP contribution in [0.2, 0.25) is 0 Å². The van der Waals surface area contributed by atoms with E-state index in [-0.39, 0.29) is 23.9 Å². The number of hydrogen-bond donors (Lipinski definition) is 2. The highest BCUT2D eigenvalue weighted by Gasteiger charge is 2.46. The zero-order valence-electron chi connectivity index (χ0n) is 11.7. The molecule has 0 saturated carbocycles. The maximum Gasteiger partial charge on any atom is 0.246 e. The quantitative estimate of drug-likeness (QED) is 0.741. The molecule has 0 unspecified atom stereocenters. The molecule has 0 bridgehead atoms. The molecular weight excluding hydrogens is 258 g/mol. The minimum Gasteiger partial charge on any atom is -0.348 e. The summed E-state index contributed by atoms with van der Waals surface area (Å²) in [5.74, 6) is -0.0352. The molecule has 1 aromatic rings. The molecule has 2 aliphatic rings. The van der Waals surface area contributed by atoms with E-state index < -0.39 is 6.04 Å². The minimum atomic E-state index is -0.486. The smallest absolute Gasteiger partial charge is 0.246 e. The highest BCUT2D eigenvalue weighted by Crippen LogP contribution is 2.25. The van der Waals surface area contributed by atoms with Gasteiger partial charge in [-0.1, -0.05) is 0 Å². The Balaban J connectivity index is 1.75. The number of nitrogens with one attached hydrogen (secondary N) is 2. The number of H-pyrrole nitrogens is 1. The van der Waals surface area contributed by atoms with Crippen LogP contribution in [0.1, 0.15) is 12.1 Å². The first kappa shape index (κ1) is 13.1. The molecule has 20 heavy (non-hydrogen) atoms. The maximum atomic E-state index is 12.5. The number of aromatic amines is 1. The van der Waals surface area contributed by atoms with E-state index in [0.29, 0.717) is 19.4 Å². The summed E-state index contributed by atoms with van der Waals surface area (Å²) in [5.41, 5.74) is 0.852. The van der Waals surface area contributed by atoms with Crippen molar-refractivity contribution < 1.29 is 9.59 Å². The number of hydrogen-bond acceptors (Lipinski definition) is 4. The van der Waals surface area contributed by atoms with Crippen LogP contribution in [0.3, 0.4) is 0 Å². The molecule has 2 amide bonds. The van der Waals surface area contributed by atoms with Gasteiger partial charge in [0.25, 0.3) is 0 Å². The molecule has 2 N–H and O–H groups in total. The number of fused-ring (bicyclic) bond motifs is 1. The van der Waals surface area contributed by atoms with Crippen LogP contribution in [0.4, 0.5) is 0 Å². The number of likely N-dealkylation sites (N-methyl/N-ethyl adjacent to an activating group) is 1. The third-order valence-electron chi connectivity index (χ3n) is 4.19. The van der Waals surface area contributed by atoms with Gasteiger partial charge in [0.1, 0.15) is 12.1 Å². The average Bonchev–Trinajstić information content (AvgIpc) is 3.04. The summed E-state index contributed by atoms with van der Waals surface area (Å²) in [6.45, 7) is 0.628. The second kappa shape index (κ2) is 4.90. The Morgan fingerprint density at radius 3 is 2.90 bits per heavy atom. The molecule has 2 aliphatic heterocycles. The molecule has 7 nitrogen and oxygen atoms in total. The van der Waals surface area contributed by atoms with Crippen LogP contribution in [0.15, 0.2) is 12.5 Å². The molecule has 2 fully saturated rings. The fourth-order valence-corrected chi connectivity index (χ4v) is 2.96. The van der Waals surface area contributed by atoms with Crippen LogP contribution in [0.25, 0.3) is 0 Å². The van der Waals surface area contributed by atoms with E-state index in [2.05, 4.69) is 20.2 Å². The summed E-state index contributed by atoms with van der Waals surface area (Å²) in [6, 6.07) is -0.548. The SMILES string of the molecule is CN(C)[C@@H]1C[C@H]2C(=O)N[C@@H](Cc3cnc[nH]3)C(=O)N2C1. The summed E-state index contributed by atoms with van der Waals surface area (Å²) in [4.78, 5) is 35.4. The van der Waals surface area contributed by atoms with Crippen molar-refractivity contribution in [1.82, 2.24) is 25.1 Å². The molecule has 3 rings (SSSR count). The predicted molar refractivity (Wildman–Crippen MR) is 71.8 cm³/mol. The Kier molecular flexibility index (Phi) is 3.21. The number of carbonyl (C=O) groups excluding carboxylic acids is 2. The molecule has 7 heteroatoms. The monoisotopic (exact) mass is 277 g/mol. The Bertz CT molecular complexity index is 513. The van der Waals surface area contributed by atoms with Gasteiger partial charge in [-0.15, -0.1) is 0 Å². The zero-order chi connectivity index (χ0) is 14.3. The molecule has 2 saturated heterocycles. The first-order valence-electron chi connectivity index (χ1n) is 6.81. The largest absolute Gasteiger partial charge is 0.348 e. The molecule has 0 aliphatic carbocycles. The van der Waals surface area contributed by atoms with Gasteiger partial charge >= 0.3 is 0 Å². The number of aromatic nitrogens is 2. The van der Waals surface area contributed by atoms with Crippen molar-refractivity contribution in [3.63, 3.8) is 0 Å². The lowest BCUT2D eigenvalue weighted by molar-refractivity contribution is -0.147. The van der Waals surface area contributed by atoms with Gasteiger partial charge < -0.3 is 20.1 Å². The molecule has 3 atom stereocenters. The molecule has 1 aromatic heterocycles. The summed E-state index contributed by atoms with van der Waals surface area (Å²) in [5, 5.41) is 2.84. The normalized spacial score (nSPS) is 29.8. The van der Waals surface area contributed by atoms with Gasteiger partial charge in [0.15, 0.2) is 0 Å². The molecule has 0 spiro atoms. The number of amides is 2. The number of piperazine rings is 1. The Morgan fingerprint density at radius 1 is 1.45 bits per heavy atom. The standard InChI is InChI=1S/C13H19N5O2/c1-17(2)9-4-11-12(19)16-10(13(20)18(11)6-9)3-8-5-14-7-15-8/h5,7,9-11H,3-4,6H2,1-2H3,(H,14,15)(H,16,19)/t9-,10+,11+/m1/s1. The topological polar surface area (TPSA) is 81.3 Å². The van der Waals surface area contributed by atoms with Crippen molar-refractivity contribution in [1.29, 1.82) is 0 Å². The first-order valence-corrected chi connectivity index (χ1v) is 6.81. The van der Waals surface area contributed by atoms with Crippen LogP contribution in [0, 0.1) is 0 Å². The Labute approximate surface area is 117 Å². The lowest BCUT2D eigenvalue weighted by atomic mass is 10.0. The predicted octanol–water partition coefficient (Wildman–Crippen LogP) is -1.02. The van der Waals surface area contributed by atoms with Gasteiger partial charge in [0.05, 0.1) is 6.33 Å². The van der Waals surface area contributed by atoms with Gasteiger partial charge in [0.2, 0.25) is 11.8 Å². The number of rotatable bonds is 3. The molecule has 0 radical (unpaired) electrons. The van der Waals surface area contributed by atoms with Crippen molar-refractivity contribution in [2.45, 2.75) is 31.0 Å². The van der Waals surface area contributed by atoms with Crippen LogP contribution in [-0.4, -0.2) is 70.3 Å². The summed E-state index contributed by atoms with van der Waals surface area (Å²) in [6.07, 6.45) is 4.42. The highest BCUT2D eigenvalue weighted by molar-refractivity contribution is 5.97. The van der Waals surface area contributed by atoms with Crippen molar-refractivity contribution in [3.05, 3.63) is 18.2 Å². The van der Waals surface area contributed by atoms with Crippen LogP contribution in [0.5, 0.6) is 0 Å². The van der Waals surface area contributed by atoms with Crippen LogP contribution >= 0.6 is 0 Å². The van der Waals surface area contributed by atoms with E-state index in [9.17, 15) is 9.59 Å². The van der Waals surface area contributed by atoms with Gasteiger partial charge in [-0.25, -0.2) is 4.98 Å². The average molecular weight is 277 g/mol. The summed E-state index contributed by atoms with van der Waals surface area (Å²) in [7, 11) is 3.96. The highest BCUT2D eigenvalue weighted by atomic mass is 16.2. The zero-order valence-corrected chi connectivity index (χ0v) is 11.7. The fraction of sp³-hybridized carbons (Fsp3) is 0.615. The van der Waals surface area contributed by atoms with Crippen LogP contribution < -0.4 is 5.32 Å².